The molecule has 0 amide bonds. The van der Waals surface area contributed by atoms with Crippen molar-refractivity contribution in [3.63, 3.8) is 0 Å². The average Bonchev–Trinajstić information content (AvgIpc) is 3.04. The van der Waals surface area contributed by atoms with Crippen molar-refractivity contribution in [3.05, 3.63) is 0 Å². The van der Waals surface area contributed by atoms with E-state index >= 15 is 0 Å². The molecule has 280 valence electrons. The lowest BCUT2D eigenvalue weighted by atomic mass is 10.1. The highest BCUT2D eigenvalue weighted by Crippen LogP contribution is 2.11. The van der Waals surface area contributed by atoms with E-state index in [0.29, 0.717) is 51.9 Å². The van der Waals surface area contributed by atoms with E-state index in [0.717, 1.165) is 70.6 Å². The molecule has 48 heavy (non-hydrogen) atoms. The molecule has 1 atom stereocenters. The molecule has 1 unspecified atom stereocenters. The summed E-state index contributed by atoms with van der Waals surface area (Å²) in [5.74, 6) is -2.20. The summed E-state index contributed by atoms with van der Waals surface area (Å²) < 4.78 is 26.5. The second-order valence-electron chi connectivity index (χ2n) is 12.7. The zero-order valence-corrected chi connectivity index (χ0v) is 30.7. The van der Waals surface area contributed by atoms with Gasteiger partial charge in [0.1, 0.15) is 0 Å². The maximum Gasteiger partial charge on any atom is 0.348 e. The third-order valence-corrected chi connectivity index (χ3v) is 7.67. The van der Waals surface area contributed by atoms with E-state index < -0.39 is 24.0 Å². The Labute approximate surface area is 290 Å². The van der Waals surface area contributed by atoms with Crippen LogP contribution in [0.4, 0.5) is 0 Å². The van der Waals surface area contributed by atoms with Crippen LogP contribution in [0.5, 0.6) is 0 Å². The highest BCUT2D eigenvalue weighted by Gasteiger charge is 2.28. The molecule has 0 aliphatic carbocycles. The zero-order chi connectivity index (χ0) is 35.7. The summed E-state index contributed by atoms with van der Waals surface area (Å²) in [5, 5.41) is 0. The summed E-state index contributed by atoms with van der Waals surface area (Å²) in [5.41, 5.74) is 0. The van der Waals surface area contributed by atoms with Gasteiger partial charge in [-0.2, -0.15) is 0 Å². The zero-order valence-electron chi connectivity index (χ0n) is 30.7. The van der Waals surface area contributed by atoms with Crippen molar-refractivity contribution in [2.45, 2.75) is 161 Å². The van der Waals surface area contributed by atoms with Gasteiger partial charge in [-0.1, -0.05) is 84.5 Å². The first-order valence-corrected chi connectivity index (χ1v) is 18.7. The lowest BCUT2D eigenvalue weighted by Crippen LogP contribution is -2.32. The van der Waals surface area contributed by atoms with Gasteiger partial charge >= 0.3 is 29.8 Å². The van der Waals surface area contributed by atoms with Crippen molar-refractivity contribution >= 4 is 29.8 Å². The Hall–Kier alpha value is -2.69. The minimum Gasteiger partial charge on any atom is -0.466 e. The van der Waals surface area contributed by atoms with Gasteiger partial charge in [-0.25, -0.2) is 4.79 Å². The fraction of sp³-hybridized carbons (Fsp3) is 0.865. The number of rotatable bonds is 33. The summed E-state index contributed by atoms with van der Waals surface area (Å²) in [6.45, 7) is 6.04. The van der Waals surface area contributed by atoms with Crippen molar-refractivity contribution in [1.82, 2.24) is 4.90 Å². The summed E-state index contributed by atoms with van der Waals surface area (Å²) in [6.07, 6.45) is 15.8. The van der Waals surface area contributed by atoms with Gasteiger partial charge in [-0.05, 0) is 65.6 Å². The lowest BCUT2D eigenvalue weighted by molar-refractivity contribution is -0.172. The molecule has 0 aliphatic heterocycles. The number of esters is 5. The molecule has 0 saturated carbocycles. The quantitative estimate of drug-likeness (QED) is 0.0393. The Balaban J connectivity index is 4.26. The second-order valence-corrected chi connectivity index (χ2v) is 12.7. The molecule has 11 nitrogen and oxygen atoms in total. The van der Waals surface area contributed by atoms with Crippen LogP contribution in [0, 0.1) is 0 Å². The number of nitrogens with zero attached hydrogens (tertiary/aromatic N) is 1. The number of carbonyl (C=O) groups is 5. The Morgan fingerprint density at radius 3 is 1.42 bits per heavy atom. The Bertz CT molecular complexity index is 848. The molecule has 0 rings (SSSR count). The van der Waals surface area contributed by atoms with Crippen LogP contribution in [0.3, 0.4) is 0 Å². The van der Waals surface area contributed by atoms with Crippen LogP contribution in [0.15, 0.2) is 0 Å². The molecule has 0 N–H and O–H groups in total. The van der Waals surface area contributed by atoms with E-state index in [1.165, 1.54) is 25.7 Å². The molecule has 0 fully saturated rings. The van der Waals surface area contributed by atoms with Gasteiger partial charge < -0.3 is 28.6 Å². The van der Waals surface area contributed by atoms with Crippen LogP contribution in [-0.4, -0.2) is 87.9 Å². The molecule has 0 radical (unpaired) electrons. The van der Waals surface area contributed by atoms with Crippen LogP contribution in [0.2, 0.25) is 0 Å². The number of ether oxygens (including phenoxy) is 5. The topological polar surface area (TPSA) is 135 Å². The van der Waals surface area contributed by atoms with Crippen LogP contribution in [0.1, 0.15) is 155 Å². The van der Waals surface area contributed by atoms with Gasteiger partial charge in [-0.15, -0.1) is 0 Å². The van der Waals surface area contributed by atoms with Crippen LogP contribution in [0.25, 0.3) is 0 Å². The summed E-state index contributed by atoms with van der Waals surface area (Å²) in [6, 6.07) is 0. The van der Waals surface area contributed by atoms with Crippen LogP contribution < -0.4 is 0 Å². The highest BCUT2D eigenvalue weighted by atomic mass is 16.6. The first-order chi connectivity index (χ1) is 23.2. The molecular weight excluding hydrogens is 618 g/mol. The van der Waals surface area contributed by atoms with Crippen molar-refractivity contribution in [2.75, 3.05) is 47.1 Å². The third kappa shape index (κ3) is 30.6. The first-order valence-electron chi connectivity index (χ1n) is 18.7. The Morgan fingerprint density at radius 2 is 0.896 bits per heavy atom. The second kappa shape index (κ2) is 32.8. The normalized spacial score (nSPS) is 11.6. The van der Waals surface area contributed by atoms with E-state index in [-0.39, 0.29) is 38.0 Å². The van der Waals surface area contributed by atoms with E-state index in [4.69, 9.17) is 23.7 Å². The SMILES string of the molecule is CCCCCCCCC(=O)OCCCCCCCOC(=O)C(CC(=O)OCCCCCCCOC(=O)CCC)OC(=O)CCCN(C)C. The van der Waals surface area contributed by atoms with Crippen LogP contribution in [-0.2, 0) is 47.7 Å². The molecule has 0 aromatic carbocycles. The number of hydrogen-bond acceptors (Lipinski definition) is 11. The fourth-order valence-electron chi connectivity index (χ4n) is 4.83. The third-order valence-electron chi connectivity index (χ3n) is 7.67. The van der Waals surface area contributed by atoms with Crippen molar-refractivity contribution in [1.29, 1.82) is 0 Å². The van der Waals surface area contributed by atoms with Crippen molar-refractivity contribution < 1.29 is 47.7 Å². The molecule has 0 bridgehead atoms. The predicted molar refractivity (Wildman–Crippen MR) is 185 cm³/mol. The maximum atomic E-state index is 12.8. The van der Waals surface area contributed by atoms with Gasteiger partial charge in [0.25, 0.3) is 0 Å². The van der Waals surface area contributed by atoms with Crippen molar-refractivity contribution in [2.24, 2.45) is 0 Å². The monoisotopic (exact) mass is 685 g/mol. The first kappa shape index (κ1) is 45.3. The Morgan fingerprint density at radius 1 is 0.458 bits per heavy atom. The molecule has 11 heteroatoms. The van der Waals surface area contributed by atoms with E-state index in [1.54, 1.807) is 0 Å². The average molecular weight is 686 g/mol. The van der Waals surface area contributed by atoms with Gasteiger partial charge in [-0.3, -0.25) is 19.2 Å². The van der Waals surface area contributed by atoms with E-state index in [2.05, 4.69) is 6.92 Å². The number of hydrogen-bond donors (Lipinski definition) is 0. The number of carbonyl (C=O) groups excluding carboxylic acids is 5. The highest BCUT2D eigenvalue weighted by molar-refractivity contribution is 5.84. The van der Waals surface area contributed by atoms with Gasteiger partial charge in [0, 0.05) is 19.3 Å². The van der Waals surface area contributed by atoms with Gasteiger partial charge in [0.15, 0.2) is 0 Å². The lowest BCUT2D eigenvalue weighted by Gasteiger charge is -2.17. The van der Waals surface area contributed by atoms with Gasteiger partial charge in [0.2, 0.25) is 6.10 Å². The summed E-state index contributed by atoms with van der Waals surface area (Å²) in [4.78, 5) is 62.8. The molecule has 0 heterocycles. The molecule has 0 aromatic heterocycles. The molecule has 0 aromatic rings. The summed E-state index contributed by atoms with van der Waals surface area (Å²) in [7, 11) is 3.80. The molecule has 0 saturated heterocycles. The van der Waals surface area contributed by atoms with Crippen LogP contribution >= 0.6 is 0 Å². The fourth-order valence-corrected chi connectivity index (χ4v) is 4.83. The van der Waals surface area contributed by atoms with E-state index in [9.17, 15) is 24.0 Å². The largest absolute Gasteiger partial charge is 0.466 e. The maximum absolute atomic E-state index is 12.8. The summed E-state index contributed by atoms with van der Waals surface area (Å²) >= 11 is 0. The molecule has 0 aliphatic rings. The number of unbranched alkanes of at least 4 members (excludes halogenated alkanes) is 13. The predicted octanol–water partition coefficient (Wildman–Crippen LogP) is 7.25. The minimum atomic E-state index is -1.34. The smallest absolute Gasteiger partial charge is 0.348 e. The van der Waals surface area contributed by atoms with E-state index in [1.807, 2.05) is 25.9 Å². The molecule has 0 spiro atoms. The Kier molecular flexibility index (Phi) is 31.0. The molecular formula is C37H67NO10. The van der Waals surface area contributed by atoms with Crippen molar-refractivity contribution in [3.8, 4) is 0 Å². The minimum absolute atomic E-state index is 0.121. The van der Waals surface area contributed by atoms with Gasteiger partial charge in [0.05, 0.1) is 32.8 Å². The standard InChI is InChI=1S/C37H67NO10/c1-5-7-8-9-12-17-24-34(40)45-28-19-14-11-16-21-30-47-37(43)32(48-35(41)25-22-26-38(3)4)31-36(42)46-29-20-15-10-13-18-27-44-33(39)23-6-2/h32H,5-31H2,1-4H3.